The summed E-state index contributed by atoms with van der Waals surface area (Å²) in [7, 11) is 0. The Balaban J connectivity index is 2.00. The topological polar surface area (TPSA) is 82.7 Å². The molecule has 7 heteroatoms. The van der Waals surface area contributed by atoms with Crippen LogP contribution in [0.4, 0.5) is 0 Å². The molecule has 134 valence electrons. The Hall–Kier alpha value is -3.00. The highest BCUT2D eigenvalue weighted by Crippen LogP contribution is 2.16. The molecule has 5 nitrogen and oxygen atoms in total. The quantitative estimate of drug-likeness (QED) is 0.622. The Kier molecular flexibility index (Phi) is 5.97. The van der Waals surface area contributed by atoms with Gasteiger partial charge in [0.2, 0.25) is 0 Å². The number of hydrogen-bond acceptors (Lipinski definition) is 6. The van der Waals surface area contributed by atoms with E-state index in [9.17, 15) is 15.3 Å². The molecule has 0 unspecified atom stereocenters. The molecule has 0 radical (unpaired) electrons. The van der Waals surface area contributed by atoms with E-state index in [4.69, 9.17) is 4.42 Å². The zero-order chi connectivity index (χ0) is 19.2. The third kappa shape index (κ3) is 4.40. The number of hydrogen-bond donors (Lipinski definition) is 0. The van der Waals surface area contributed by atoms with E-state index < -0.39 is 0 Å². The number of rotatable bonds is 5. The first-order valence-electron chi connectivity index (χ1n) is 8.12. The standard InChI is InChI=1S/C20H15N3O2S2/c1-14-7-8-16(25-14)11-18-19(24)23(20(27-18)15(12-21)13-22)9-10-26-17-5-3-2-4-6-17/h2-8,11H,9-10H2,1H3/b18-11-. The minimum absolute atomic E-state index is 0.0583. The lowest BCUT2D eigenvalue weighted by atomic mass is 10.4. The van der Waals surface area contributed by atoms with Gasteiger partial charge in [0.25, 0.3) is 5.56 Å². The van der Waals surface area contributed by atoms with E-state index in [1.54, 1.807) is 23.9 Å². The van der Waals surface area contributed by atoms with E-state index in [2.05, 4.69) is 0 Å². The van der Waals surface area contributed by atoms with Crippen molar-refractivity contribution in [2.45, 2.75) is 18.4 Å². The molecule has 0 bridgehead atoms. The zero-order valence-electron chi connectivity index (χ0n) is 14.5. The molecule has 0 aliphatic heterocycles. The lowest BCUT2D eigenvalue weighted by Gasteiger charge is -2.03. The number of thiazole rings is 1. The first kappa shape index (κ1) is 18.8. The van der Waals surface area contributed by atoms with Crippen LogP contribution < -0.4 is 14.8 Å². The summed E-state index contributed by atoms with van der Waals surface area (Å²) in [6, 6.07) is 17.2. The van der Waals surface area contributed by atoms with Crippen LogP contribution in [0.5, 0.6) is 0 Å². The maximum atomic E-state index is 12.8. The number of furan rings is 1. The highest BCUT2D eigenvalue weighted by molar-refractivity contribution is 7.99. The van der Waals surface area contributed by atoms with Crippen molar-refractivity contribution in [1.29, 1.82) is 10.5 Å². The van der Waals surface area contributed by atoms with E-state index in [-0.39, 0.29) is 11.1 Å². The summed E-state index contributed by atoms with van der Waals surface area (Å²) in [6.07, 6.45) is 1.65. The van der Waals surface area contributed by atoms with Gasteiger partial charge in [-0.3, -0.25) is 9.36 Å². The summed E-state index contributed by atoms with van der Waals surface area (Å²) in [5.41, 5.74) is -0.280. The van der Waals surface area contributed by atoms with E-state index in [1.807, 2.05) is 55.5 Å². The highest BCUT2D eigenvalue weighted by Gasteiger charge is 2.10. The van der Waals surface area contributed by atoms with E-state index in [0.717, 1.165) is 22.0 Å². The van der Waals surface area contributed by atoms with Gasteiger partial charge in [-0.05, 0) is 31.2 Å². The summed E-state index contributed by atoms with van der Waals surface area (Å²) in [5, 5.41) is 18.5. The van der Waals surface area contributed by atoms with E-state index >= 15 is 0 Å². The molecule has 0 atom stereocenters. The van der Waals surface area contributed by atoms with Crippen molar-refractivity contribution in [1.82, 2.24) is 4.57 Å². The van der Waals surface area contributed by atoms with Crippen LogP contribution >= 0.6 is 23.1 Å². The number of benzene rings is 1. The van der Waals surface area contributed by atoms with Gasteiger partial charge in [0, 0.05) is 23.3 Å². The molecule has 27 heavy (non-hydrogen) atoms. The van der Waals surface area contributed by atoms with Crippen LogP contribution in [-0.4, -0.2) is 10.3 Å². The maximum Gasteiger partial charge on any atom is 0.269 e. The molecular formula is C20H15N3O2S2. The summed E-state index contributed by atoms with van der Waals surface area (Å²) < 4.78 is 7.83. The summed E-state index contributed by atoms with van der Waals surface area (Å²) >= 11 is 2.75. The molecule has 0 N–H and O–H groups in total. The third-order valence-electron chi connectivity index (χ3n) is 3.71. The molecule has 1 aromatic carbocycles. The van der Waals surface area contributed by atoms with Crippen LogP contribution in [0, 0.1) is 29.6 Å². The molecule has 0 saturated carbocycles. The van der Waals surface area contributed by atoms with Crippen LogP contribution in [0.25, 0.3) is 11.6 Å². The highest BCUT2D eigenvalue weighted by atomic mass is 32.2. The predicted octanol–water partition coefficient (Wildman–Crippen LogP) is 2.63. The van der Waals surface area contributed by atoms with Crippen LogP contribution in [-0.2, 0) is 6.54 Å². The number of nitrogens with zero attached hydrogens (tertiary/aromatic N) is 3. The molecule has 0 fully saturated rings. The van der Waals surface area contributed by atoms with Gasteiger partial charge in [-0.2, -0.15) is 10.5 Å². The van der Waals surface area contributed by atoms with Crippen molar-refractivity contribution in [3.63, 3.8) is 0 Å². The molecule has 0 amide bonds. The van der Waals surface area contributed by atoms with Crippen molar-refractivity contribution in [2.75, 3.05) is 5.75 Å². The van der Waals surface area contributed by atoms with Crippen molar-refractivity contribution < 1.29 is 4.42 Å². The normalized spacial score (nSPS) is 11.1. The number of nitriles is 2. The number of aryl methyl sites for hydroxylation is 1. The van der Waals surface area contributed by atoms with Crippen LogP contribution in [0.15, 0.2) is 56.6 Å². The fourth-order valence-corrected chi connectivity index (χ4v) is 4.38. The SMILES string of the molecule is Cc1ccc(/C=c2\sc(=C(C#N)C#N)n(CCSc3ccccc3)c2=O)o1. The van der Waals surface area contributed by atoms with Gasteiger partial charge < -0.3 is 4.42 Å². The second kappa shape index (κ2) is 8.59. The van der Waals surface area contributed by atoms with Crippen LogP contribution in [0.2, 0.25) is 0 Å². The third-order valence-corrected chi connectivity index (χ3v) is 5.83. The van der Waals surface area contributed by atoms with Gasteiger partial charge in [-0.1, -0.05) is 18.2 Å². The number of thioether (sulfide) groups is 1. The summed E-state index contributed by atoms with van der Waals surface area (Å²) in [6.45, 7) is 2.23. The van der Waals surface area contributed by atoms with Gasteiger partial charge in [-0.25, -0.2) is 0 Å². The average Bonchev–Trinajstić information content (AvgIpc) is 3.22. The summed E-state index contributed by atoms with van der Waals surface area (Å²) in [4.78, 5) is 13.9. The monoisotopic (exact) mass is 393 g/mol. The summed E-state index contributed by atoms with van der Waals surface area (Å²) in [5.74, 6) is 1.97. The predicted molar refractivity (Wildman–Crippen MR) is 107 cm³/mol. The van der Waals surface area contributed by atoms with Crippen molar-refractivity contribution in [3.05, 3.63) is 73.5 Å². The molecular weight excluding hydrogens is 378 g/mol. The van der Waals surface area contributed by atoms with Crippen molar-refractivity contribution in [3.8, 4) is 12.1 Å². The zero-order valence-corrected chi connectivity index (χ0v) is 16.1. The average molecular weight is 393 g/mol. The Morgan fingerprint density at radius 2 is 1.96 bits per heavy atom. The molecule has 0 spiro atoms. The van der Waals surface area contributed by atoms with Gasteiger partial charge in [0.15, 0.2) is 5.57 Å². The van der Waals surface area contributed by atoms with E-state index in [1.165, 1.54) is 4.57 Å². The largest absolute Gasteiger partial charge is 0.462 e. The Bertz CT molecular complexity index is 1190. The first-order chi connectivity index (χ1) is 13.1. The molecule has 0 aliphatic rings. The maximum absolute atomic E-state index is 12.8. The molecule has 3 aromatic rings. The lowest BCUT2D eigenvalue weighted by Crippen LogP contribution is -2.32. The van der Waals surface area contributed by atoms with Crippen LogP contribution in [0.3, 0.4) is 0 Å². The molecule has 2 aromatic heterocycles. The first-order valence-corrected chi connectivity index (χ1v) is 9.92. The smallest absolute Gasteiger partial charge is 0.269 e. The van der Waals surface area contributed by atoms with Crippen molar-refractivity contribution in [2.24, 2.45) is 0 Å². The van der Waals surface area contributed by atoms with Crippen molar-refractivity contribution >= 4 is 34.7 Å². The van der Waals surface area contributed by atoms with Crippen LogP contribution in [0.1, 0.15) is 11.5 Å². The fraction of sp³-hybridized carbons (Fsp3) is 0.150. The molecule has 2 heterocycles. The molecule has 0 saturated heterocycles. The van der Waals surface area contributed by atoms with Gasteiger partial charge >= 0.3 is 0 Å². The molecule has 3 rings (SSSR count). The second-order valence-corrected chi connectivity index (χ2v) is 7.78. The fourth-order valence-electron chi connectivity index (χ4n) is 2.46. The minimum atomic E-state index is -0.222. The van der Waals surface area contributed by atoms with Gasteiger partial charge in [-0.15, -0.1) is 23.1 Å². The van der Waals surface area contributed by atoms with E-state index in [0.29, 0.717) is 27.3 Å². The molecule has 0 aliphatic carbocycles. The van der Waals surface area contributed by atoms with Gasteiger partial charge in [0.05, 0.1) is 4.53 Å². The Labute approximate surface area is 164 Å². The van der Waals surface area contributed by atoms with Gasteiger partial charge in [0.1, 0.15) is 28.3 Å². The minimum Gasteiger partial charge on any atom is -0.462 e. The lowest BCUT2D eigenvalue weighted by molar-refractivity contribution is 0.525. The second-order valence-electron chi connectivity index (χ2n) is 5.58. The number of aromatic nitrogens is 1. The Morgan fingerprint density at radius 3 is 2.59 bits per heavy atom. The Morgan fingerprint density at radius 1 is 1.22 bits per heavy atom.